The predicted octanol–water partition coefficient (Wildman–Crippen LogP) is 4.26. The molecule has 92 valence electrons. The van der Waals surface area contributed by atoms with Gasteiger partial charge >= 0.3 is 0 Å². The number of para-hydroxylation sites is 1. The number of hydrogen-bond acceptors (Lipinski definition) is 1. The third-order valence-electron chi connectivity index (χ3n) is 3.87. The van der Waals surface area contributed by atoms with E-state index in [1.807, 2.05) is 0 Å². The van der Waals surface area contributed by atoms with E-state index >= 15 is 0 Å². The molecular formula is C17H14N2. The minimum absolute atomic E-state index is 1.02. The second-order valence-corrected chi connectivity index (χ2v) is 5.06. The molecule has 0 radical (unpaired) electrons. The van der Waals surface area contributed by atoms with Gasteiger partial charge in [-0.1, -0.05) is 30.3 Å². The molecule has 2 aromatic carbocycles. The highest BCUT2D eigenvalue weighted by Crippen LogP contribution is 2.27. The van der Waals surface area contributed by atoms with Crippen LogP contribution in [-0.2, 0) is 0 Å². The molecule has 0 saturated carbocycles. The second kappa shape index (κ2) is 3.58. The molecule has 0 unspecified atom stereocenters. The van der Waals surface area contributed by atoms with Crippen LogP contribution in [0, 0.1) is 13.8 Å². The average molecular weight is 246 g/mol. The molecule has 19 heavy (non-hydrogen) atoms. The molecule has 0 fully saturated rings. The summed E-state index contributed by atoms with van der Waals surface area (Å²) < 4.78 is 2.25. The first-order valence-electron chi connectivity index (χ1n) is 6.52. The van der Waals surface area contributed by atoms with E-state index in [2.05, 4.69) is 66.8 Å². The summed E-state index contributed by atoms with van der Waals surface area (Å²) in [5.41, 5.74) is 5.87. The van der Waals surface area contributed by atoms with Crippen LogP contribution in [0.25, 0.3) is 27.5 Å². The van der Waals surface area contributed by atoms with Crippen LogP contribution < -0.4 is 0 Å². The lowest BCUT2D eigenvalue weighted by Crippen LogP contribution is -1.97. The fourth-order valence-corrected chi connectivity index (χ4v) is 3.03. The molecule has 4 aromatic rings. The number of aromatic nitrogens is 2. The maximum Gasteiger partial charge on any atom is 0.138 e. The molecular weight excluding hydrogens is 232 g/mol. The minimum atomic E-state index is 1.02. The first-order chi connectivity index (χ1) is 9.25. The van der Waals surface area contributed by atoms with Gasteiger partial charge in [-0.15, -0.1) is 0 Å². The van der Waals surface area contributed by atoms with Crippen molar-refractivity contribution >= 4 is 27.5 Å². The molecule has 2 heterocycles. The normalized spacial score (nSPS) is 11.7. The number of benzene rings is 2. The molecule has 0 aliphatic rings. The molecule has 0 saturated heterocycles. The summed E-state index contributed by atoms with van der Waals surface area (Å²) >= 11 is 0. The zero-order valence-corrected chi connectivity index (χ0v) is 11.0. The fourth-order valence-electron chi connectivity index (χ4n) is 3.03. The molecule has 4 rings (SSSR count). The highest BCUT2D eigenvalue weighted by molar-refractivity contribution is 5.92. The Morgan fingerprint density at radius 2 is 1.79 bits per heavy atom. The van der Waals surface area contributed by atoms with Crippen molar-refractivity contribution in [2.24, 2.45) is 0 Å². The zero-order valence-electron chi connectivity index (χ0n) is 11.0. The lowest BCUT2D eigenvalue weighted by atomic mass is 10.1. The molecule has 0 N–H and O–H groups in total. The Bertz CT molecular complexity index is 932. The molecule has 0 spiro atoms. The van der Waals surface area contributed by atoms with E-state index in [9.17, 15) is 0 Å². The molecule has 0 atom stereocenters. The summed E-state index contributed by atoms with van der Waals surface area (Å²) in [5, 5.41) is 2.50. The molecule has 2 nitrogen and oxygen atoms in total. The maximum absolute atomic E-state index is 4.80. The van der Waals surface area contributed by atoms with Crippen LogP contribution in [0.4, 0.5) is 0 Å². The summed E-state index contributed by atoms with van der Waals surface area (Å²) in [4.78, 5) is 4.80. The van der Waals surface area contributed by atoms with E-state index in [1.54, 1.807) is 0 Å². The van der Waals surface area contributed by atoms with Gasteiger partial charge in [0.05, 0.1) is 11.0 Å². The summed E-state index contributed by atoms with van der Waals surface area (Å²) in [6.07, 6.45) is 0. The van der Waals surface area contributed by atoms with Gasteiger partial charge in [0.1, 0.15) is 5.65 Å². The maximum atomic E-state index is 4.80. The van der Waals surface area contributed by atoms with Crippen LogP contribution >= 0.6 is 0 Å². The van der Waals surface area contributed by atoms with Crippen molar-refractivity contribution in [1.29, 1.82) is 0 Å². The van der Waals surface area contributed by atoms with Gasteiger partial charge < -0.3 is 0 Å². The van der Waals surface area contributed by atoms with E-state index in [1.165, 1.54) is 27.5 Å². The number of hydrogen-bond donors (Lipinski definition) is 0. The highest BCUT2D eigenvalue weighted by atomic mass is 15.0. The summed E-state index contributed by atoms with van der Waals surface area (Å²) in [6.45, 7) is 4.32. The Kier molecular flexibility index (Phi) is 1.99. The van der Waals surface area contributed by atoms with Crippen LogP contribution in [0.1, 0.15) is 11.3 Å². The molecule has 0 aliphatic carbocycles. The Balaban J connectivity index is 2.35. The van der Waals surface area contributed by atoms with Crippen molar-refractivity contribution in [3.05, 3.63) is 59.8 Å². The largest absolute Gasteiger partial charge is 0.298 e. The topological polar surface area (TPSA) is 17.3 Å². The Morgan fingerprint density at radius 3 is 2.68 bits per heavy atom. The van der Waals surface area contributed by atoms with Gasteiger partial charge in [-0.2, -0.15) is 0 Å². The first kappa shape index (κ1) is 10.6. The molecule has 0 amide bonds. The van der Waals surface area contributed by atoms with E-state index in [0.29, 0.717) is 0 Å². The van der Waals surface area contributed by atoms with Gasteiger partial charge in [-0.05, 0) is 37.6 Å². The predicted molar refractivity (Wildman–Crippen MR) is 79.7 cm³/mol. The van der Waals surface area contributed by atoms with Crippen LogP contribution in [0.2, 0.25) is 0 Å². The van der Waals surface area contributed by atoms with Crippen molar-refractivity contribution < 1.29 is 0 Å². The number of rotatable bonds is 0. The van der Waals surface area contributed by atoms with Crippen LogP contribution in [0.5, 0.6) is 0 Å². The molecule has 2 aromatic heterocycles. The monoisotopic (exact) mass is 246 g/mol. The Morgan fingerprint density at radius 1 is 0.947 bits per heavy atom. The van der Waals surface area contributed by atoms with E-state index in [0.717, 1.165) is 11.2 Å². The van der Waals surface area contributed by atoms with Crippen LogP contribution in [-0.4, -0.2) is 9.38 Å². The first-order valence-corrected chi connectivity index (χ1v) is 6.52. The smallest absolute Gasteiger partial charge is 0.138 e. The van der Waals surface area contributed by atoms with Gasteiger partial charge in [0.15, 0.2) is 0 Å². The summed E-state index contributed by atoms with van der Waals surface area (Å²) in [6, 6.07) is 16.9. The van der Waals surface area contributed by atoms with Gasteiger partial charge in [-0.25, -0.2) is 4.98 Å². The van der Waals surface area contributed by atoms with Crippen molar-refractivity contribution in [2.75, 3.05) is 0 Å². The van der Waals surface area contributed by atoms with Crippen LogP contribution in [0.3, 0.4) is 0 Å². The SMILES string of the molecule is Cc1cccc2nc3cc4ccccc4n3c(C)c12. The van der Waals surface area contributed by atoms with E-state index < -0.39 is 0 Å². The quantitative estimate of drug-likeness (QED) is 0.453. The fraction of sp³-hybridized carbons (Fsp3) is 0.118. The van der Waals surface area contributed by atoms with E-state index in [-0.39, 0.29) is 0 Å². The Hall–Kier alpha value is -2.35. The van der Waals surface area contributed by atoms with Gasteiger partial charge in [0, 0.05) is 16.5 Å². The second-order valence-electron chi connectivity index (χ2n) is 5.06. The van der Waals surface area contributed by atoms with Crippen molar-refractivity contribution in [3.63, 3.8) is 0 Å². The van der Waals surface area contributed by atoms with Gasteiger partial charge in [0.2, 0.25) is 0 Å². The van der Waals surface area contributed by atoms with Crippen LogP contribution in [0.15, 0.2) is 48.5 Å². The molecule has 2 heteroatoms. The van der Waals surface area contributed by atoms with Gasteiger partial charge in [0.25, 0.3) is 0 Å². The third-order valence-corrected chi connectivity index (χ3v) is 3.87. The summed E-state index contributed by atoms with van der Waals surface area (Å²) in [7, 11) is 0. The van der Waals surface area contributed by atoms with Gasteiger partial charge in [-0.3, -0.25) is 4.40 Å². The number of nitrogens with zero attached hydrogens (tertiary/aromatic N) is 2. The van der Waals surface area contributed by atoms with Crippen molar-refractivity contribution in [2.45, 2.75) is 13.8 Å². The lowest BCUT2D eigenvalue weighted by Gasteiger charge is -2.09. The number of aryl methyl sites for hydroxylation is 2. The Labute approximate surface area is 111 Å². The third kappa shape index (κ3) is 1.34. The lowest BCUT2D eigenvalue weighted by molar-refractivity contribution is 1.12. The summed E-state index contributed by atoms with van der Waals surface area (Å²) in [5.74, 6) is 0. The van der Waals surface area contributed by atoms with Crippen molar-refractivity contribution in [1.82, 2.24) is 9.38 Å². The minimum Gasteiger partial charge on any atom is -0.298 e. The zero-order chi connectivity index (χ0) is 13.0. The average Bonchev–Trinajstić information content (AvgIpc) is 2.77. The standard InChI is InChI=1S/C17H14N2/c1-11-6-5-8-14-17(11)12(2)19-15-9-4-3-7-13(15)10-16(19)18-14/h3-10H,1-2H3. The number of fused-ring (bicyclic) bond motifs is 4. The van der Waals surface area contributed by atoms with E-state index in [4.69, 9.17) is 4.98 Å². The molecule has 0 aliphatic heterocycles. The molecule has 0 bridgehead atoms. The highest BCUT2D eigenvalue weighted by Gasteiger charge is 2.10. The van der Waals surface area contributed by atoms with Crippen molar-refractivity contribution in [3.8, 4) is 0 Å².